The Morgan fingerprint density at radius 3 is 2.74 bits per heavy atom. The van der Waals surface area contributed by atoms with Crippen molar-refractivity contribution in [2.75, 3.05) is 31.1 Å². The van der Waals surface area contributed by atoms with Crippen molar-refractivity contribution >= 4 is 5.69 Å². The third kappa shape index (κ3) is 2.92. The lowest BCUT2D eigenvalue weighted by atomic mass is 10.0. The zero-order valence-electron chi connectivity index (χ0n) is 11.7. The van der Waals surface area contributed by atoms with E-state index in [4.69, 9.17) is 0 Å². The molecule has 0 aliphatic carbocycles. The SMILES string of the molecule is Cc1cc(F)cc(N2CCCN3CCCCC3C2)c1. The van der Waals surface area contributed by atoms with E-state index in [2.05, 4.69) is 15.9 Å². The van der Waals surface area contributed by atoms with E-state index in [1.54, 1.807) is 12.1 Å². The van der Waals surface area contributed by atoms with Gasteiger partial charge in [-0.05, 0) is 56.5 Å². The van der Waals surface area contributed by atoms with Crippen LogP contribution in [0.2, 0.25) is 0 Å². The number of fused-ring (bicyclic) bond motifs is 1. The minimum absolute atomic E-state index is 0.111. The third-order valence-corrected chi connectivity index (χ3v) is 4.45. The molecule has 0 N–H and O–H groups in total. The van der Waals surface area contributed by atoms with E-state index in [0.717, 1.165) is 24.3 Å². The number of aryl methyl sites for hydroxylation is 1. The molecule has 1 aromatic carbocycles. The van der Waals surface area contributed by atoms with Crippen molar-refractivity contribution in [1.29, 1.82) is 0 Å². The standard InChI is InChI=1S/C16H23FN2/c1-13-9-14(17)11-16(10-13)19-8-4-7-18-6-3-2-5-15(18)12-19/h9-11,15H,2-8,12H2,1H3. The van der Waals surface area contributed by atoms with E-state index in [9.17, 15) is 4.39 Å². The molecule has 2 fully saturated rings. The van der Waals surface area contributed by atoms with Gasteiger partial charge in [0.1, 0.15) is 5.82 Å². The smallest absolute Gasteiger partial charge is 0.125 e. The Hall–Kier alpha value is -1.09. The molecule has 2 aliphatic rings. The van der Waals surface area contributed by atoms with Gasteiger partial charge in [-0.2, -0.15) is 0 Å². The Labute approximate surface area is 115 Å². The van der Waals surface area contributed by atoms with Gasteiger partial charge in [0.25, 0.3) is 0 Å². The molecule has 19 heavy (non-hydrogen) atoms. The summed E-state index contributed by atoms with van der Waals surface area (Å²) in [7, 11) is 0. The van der Waals surface area contributed by atoms with E-state index in [1.165, 1.54) is 38.8 Å². The first kappa shape index (κ1) is 12.9. The highest BCUT2D eigenvalue weighted by Crippen LogP contribution is 2.25. The van der Waals surface area contributed by atoms with Crippen molar-refractivity contribution in [3.05, 3.63) is 29.6 Å². The quantitative estimate of drug-likeness (QED) is 0.767. The highest BCUT2D eigenvalue weighted by atomic mass is 19.1. The van der Waals surface area contributed by atoms with Crippen LogP contribution in [0.5, 0.6) is 0 Å². The molecule has 104 valence electrons. The lowest BCUT2D eigenvalue weighted by molar-refractivity contribution is 0.162. The van der Waals surface area contributed by atoms with Crippen LogP contribution < -0.4 is 4.90 Å². The Bertz CT molecular complexity index is 426. The fourth-order valence-electron chi connectivity index (χ4n) is 3.51. The Morgan fingerprint density at radius 2 is 1.89 bits per heavy atom. The molecule has 0 spiro atoms. The second-order valence-electron chi connectivity index (χ2n) is 5.97. The summed E-state index contributed by atoms with van der Waals surface area (Å²) in [6.45, 7) is 6.53. The maximum atomic E-state index is 13.6. The average molecular weight is 262 g/mol. The predicted molar refractivity (Wildman–Crippen MR) is 77.2 cm³/mol. The van der Waals surface area contributed by atoms with Crippen molar-refractivity contribution in [1.82, 2.24) is 4.90 Å². The minimum atomic E-state index is -0.111. The lowest BCUT2D eigenvalue weighted by Gasteiger charge is -2.36. The number of benzene rings is 1. The first-order valence-electron chi connectivity index (χ1n) is 7.48. The van der Waals surface area contributed by atoms with E-state index in [0.29, 0.717) is 6.04 Å². The Balaban J connectivity index is 1.80. The van der Waals surface area contributed by atoms with Crippen LogP contribution in [0.15, 0.2) is 18.2 Å². The molecule has 1 aromatic rings. The van der Waals surface area contributed by atoms with Crippen molar-refractivity contribution in [3.8, 4) is 0 Å². The van der Waals surface area contributed by atoms with Gasteiger partial charge in [-0.15, -0.1) is 0 Å². The summed E-state index contributed by atoms with van der Waals surface area (Å²) >= 11 is 0. The van der Waals surface area contributed by atoms with Crippen molar-refractivity contribution in [2.45, 2.75) is 38.6 Å². The Kier molecular flexibility index (Phi) is 3.74. The monoisotopic (exact) mass is 262 g/mol. The molecule has 0 saturated carbocycles. The van der Waals surface area contributed by atoms with E-state index in [1.807, 2.05) is 6.92 Å². The zero-order valence-corrected chi connectivity index (χ0v) is 11.7. The van der Waals surface area contributed by atoms with Gasteiger partial charge in [0.05, 0.1) is 0 Å². The highest BCUT2D eigenvalue weighted by Gasteiger charge is 2.27. The molecule has 2 heterocycles. The second-order valence-corrected chi connectivity index (χ2v) is 5.97. The van der Waals surface area contributed by atoms with Gasteiger partial charge in [0, 0.05) is 31.4 Å². The van der Waals surface area contributed by atoms with E-state index < -0.39 is 0 Å². The van der Waals surface area contributed by atoms with Crippen molar-refractivity contribution < 1.29 is 4.39 Å². The molecular formula is C16H23FN2. The third-order valence-electron chi connectivity index (χ3n) is 4.45. The molecule has 0 amide bonds. The number of hydrogen-bond acceptors (Lipinski definition) is 2. The maximum Gasteiger partial charge on any atom is 0.125 e. The molecule has 2 nitrogen and oxygen atoms in total. The van der Waals surface area contributed by atoms with Crippen LogP contribution in [0, 0.1) is 12.7 Å². The van der Waals surface area contributed by atoms with Gasteiger partial charge >= 0.3 is 0 Å². The number of halogens is 1. The number of anilines is 1. The molecule has 0 bridgehead atoms. The molecule has 1 atom stereocenters. The van der Waals surface area contributed by atoms with Gasteiger partial charge in [0.2, 0.25) is 0 Å². The molecule has 3 heteroatoms. The van der Waals surface area contributed by atoms with Gasteiger partial charge < -0.3 is 4.90 Å². The minimum Gasteiger partial charge on any atom is -0.370 e. The van der Waals surface area contributed by atoms with Gasteiger partial charge in [-0.1, -0.05) is 6.42 Å². The molecule has 2 saturated heterocycles. The number of rotatable bonds is 1. The van der Waals surface area contributed by atoms with Crippen molar-refractivity contribution in [3.63, 3.8) is 0 Å². The summed E-state index contributed by atoms with van der Waals surface area (Å²) in [5, 5.41) is 0. The first-order chi connectivity index (χ1) is 9.22. The largest absolute Gasteiger partial charge is 0.370 e. The van der Waals surface area contributed by atoms with E-state index in [-0.39, 0.29) is 5.82 Å². The summed E-state index contributed by atoms with van der Waals surface area (Å²) in [5.74, 6) is -0.111. The molecule has 2 aliphatic heterocycles. The van der Waals surface area contributed by atoms with E-state index >= 15 is 0 Å². The number of piperidine rings is 1. The first-order valence-corrected chi connectivity index (χ1v) is 7.48. The fraction of sp³-hybridized carbons (Fsp3) is 0.625. The summed E-state index contributed by atoms with van der Waals surface area (Å²) in [6, 6.07) is 6.07. The highest BCUT2D eigenvalue weighted by molar-refractivity contribution is 5.49. The van der Waals surface area contributed by atoms with Crippen LogP contribution in [0.3, 0.4) is 0 Å². The van der Waals surface area contributed by atoms with Gasteiger partial charge in [-0.3, -0.25) is 4.90 Å². The summed E-state index contributed by atoms with van der Waals surface area (Å²) in [4.78, 5) is 5.02. The van der Waals surface area contributed by atoms with Gasteiger partial charge in [-0.25, -0.2) is 4.39 Å². The molecule has 0 aromatic heterocycles. The molecular weight excluding hydrogens is 239 g/mol. The van der Waals surface area contributed by atoms with Gasteiger partial charge in [0.15, 0.2) is 0 Å². The van der Waals surface area contributed by atoms with Crippen LogP contribution in [0.1, 0.15) is 31.2 Å². The average Bonchev–Trinajstić information content (AvgIpc) is 2.59. The zero-order chi connectivity index (χ0) is 13.2. The summed E-state index contributed by atoms with van der Waals surface area (Å²) in [6.07, 6.45) is 5.17. The summed E-state index contributed by atoms with van der Waals surface area (Å²) in [5.41, 5.74) is 2.07. The van der Waals surface area contributed by atoms with Crippen LogP contribution in [-0.4, -0.2) is 37.1 Å². The molecule has 0 radical (unpaired) electrons. The normalized spacial score (nSPS) is 24.9. The van der Waals surface area contributed by atoms with Crippen LogP contribution in [-0.2, 0) is 0 Å². The van der Waals surface area contributed by atoms with Crippen LogP contribution in [0.4, 0.5) is 10.1 Å². The fourth-order valence-corrected chi connectivity index (χ4v) is 3.51. The van der Waals surface area contributed by atoms with Crippen LogP contribution in [0.25, 0.3) is 0 Å². The Morgan fingerprint density at radius 1 is 1.05 bits per heavy atom. The molecule has 3 rings (SSSR count). The molecule has 1 unspecified atom stereocenters. The second kappa shape index (κ2) is 5.49. The summed E-state index contributed by atoms with van der Waals surface area (Å²) < 4.78 is 13.6. The van der Waals surface area contributed by atoms with Crippen molar-refractivity contribution in [2.24, 2.45) is 0 Å². The predicted octanol–water partition coefficient (Wildman–Crippen LogP) is 3.20. The number of hydrogen-bond donors (Lipinski definition) is 0. The topological polar surface area (TPSA) is 6.48 Å². The number of nitrogens with zero attached hydrogens (tertiary/aromatic N) is 2. The maximum absolute atomic E-state index is 13.6. The lowest BCUT2D eigenvalue weighted by Crippen LogP contribution is -2.44. The van der Waals surface area contributed by atoms with Crippen LogP contribution >= 0.6 is 0 Å².